The van der Waals surface area contributed by atoms with Gasteiger partial charge in [0.05, 0.1) is 19.1 Å². The van der Waals surface area contributed by atoms with E-state index in [-0.39, 0.29) is 12.8 Å². The number of aliphatic hydroxyl groups excluding tert-OH is 1. The minimum absolute atomic E-state index is 0.0488. The molecule has 13 nitrogen and oxygen atoms in total. The lowest BCUT2D eigenvalue weighted by atomic mass is 10.0. The maximum Gasteiger partial charge on any atom is 0.328 e. The average Bonchev–Trinajstić information content (AvgIpc) is 2.81. The summed E-state index contributed by atoms with van der Waals surface area (Å²) in [5.41, 5.74) is 17.0. The van der Waals surface area contributed by atoms with Crippen LogP contribution >= 0.6 is 0 Å². The fourth-order valence-electron chi connectivity index (χ4n) is 3.14. The molecule has 0 radical (unpaired) electrons. The van der Waals surface area contributed by atoms with Gasteiger partial charge in [-0.05, 0) is 31.4 Å². The lowest BCUT2D eigenvalue weighted by Gasteiger charge is -2.25. The normalized spacial score (nSPS) is 14.1. The van der Waals surface area contributed by atoms with Gasteiger partial charge < -0.3 is 43.4 Å². The molecule has 0 fully saturated rings. The number of hydrogen-bond acceptors (Lipinski definition) is 8. The van der Waals surface area contributed by atoms with Crippen LogP contribution in [0.1, 0.15) is 31.2 Å². The van der Waals surface area contributed by atoms with Crippen molar-refractivity contribution in [3.63, 3.8) is 0 Å². The van der Waals surface area contributed by atoms with E-state index in [9.17, 15) is 29.1 Å². The zero-order valence-corrected chi connectivity index (χ0v) is 19.3. The summed E-state index contributed by atoms with van der Waals surface area (Å²) in [7, 11) is 0. The molecule has 0 saturated carbocycles. The molecule has 13 heteroatoms. The number of nitrogens with two attached hydrogens (primary N) is 3. The van der Waals surface area contributed by atoms with E-state index in [0.29, 0.717) is 24.9 Å². The Kier molecular flexibility index (Phi) is 12.9. The molecule has 11 N–H and O–H groups in total. The summed E-state index contributed by atoms with van der Waals surface area (Å²) in [6, 6.07) is 3.59. The lowest BCUT2D eigenvalue weighted by Crippen LogP contribution is -2.58. The van der Waals surface area contributed by atoms with Gasteiger partial charge in [0.1, 0.15) is 18.1 Å². The van der Waals surface area contributed by atoms with E-state index in [0.717, 1.165) is 0 Å². The molecule has 0 aromatic heterocycles. The van der Waals surface area contributed by atoms with E-state index in [4.69, 9.17) is 22.3 Å². The summed E-state index contributed by atoms with van der Waals surface area (Å²) < 4.78 is 0. The number of aliphatic hydroxyl groups is 1. The van der Waals surface area contributed by atoms with Crippen LogP contribution in [-0.2, 0) is 30.4 Å². The molecule has 4 amide bonds. The third-order valence-corrected chi connectivity index (χ3v) is 5.05. The van der Waals surface area contributed by atoms with Crippen LogP contribution in [0.2, 0.25) is 0 Å². The lowest BCUT2D eigenvalue weighted by molar-refractivity contribution is -0.143. The van der Waals surface area contributed by atoms with E-state index < -0.39 is 66.8 Å². The zero-order valence-electron chi connectivity index (χ0n) is 19.3. The van der Waals surface area contributed by atoms with Crippen LogP contribution in [0.5, 0.6) is 0 Å². The molecule has 0 aliphatic carbocycles. The molecule has 0 spiro atoms. The maximum absolute atomic E-state index is 13.1. The number of carboxylic acids is 1. The molecule has 4 unspecified atom stereocenters. The second-order valence-electron chi connectivity index (χ2n) is 7.96. The molecule has 0 bridgehead atoms. The van der Waals surface area contributed by atoms with Crippen LogP contribution in [0, 0.1) is 0 Å². The van der Waals surface area contributed by atoms with Gasteiger partial charge in [-0.15, -0.1) is 0 Å². The highest BCUT2D eigenvalue weighted by molar-refractivity contribution is 5.95. The summed E-state index contributed by atoms with van der Waals surface area (Å²) in [6.45, 7) is -0.490. The molecule has 4 atom stereocenters. The number of aliphatic carboxylic acids is 1. The summed E-state index contributed by atoms with van der Waals surface area (Å²) in [4.78, 5) is 60.6. The van der Waals surface area contributed by atoms with Crippen molar-refractivity contribution < 1.29 is 34.2 Å². The third-order valence-electron chi connectivity index (χ3n) is 5.05. The number of nitrogens with one attached hydrogen (secondary N) is 3. The second kappa shape index (κ2) is 15.4. The molecule has 35 heavy (non-hydrogen) atoms. The average molecular weight is 495 g/mol. The number of primary amides is 1. The molecular weight excluding hydrogens is 460 g/mol. The quantitative estimate of drug-likeness (QED) is 0.110. The fraction of sp³-hybridized carbons (Fsp3) is 0.500. The minimum atomic E-state index is -1.55. The first-order valence-electron chi connectivity index (χ1n) is 11.1. The van der Waals surface area contributed by atoms with Crippen molar-refractivity contribution in [3.05, 3.63) is 35.9 Å². The maximum atomic E-state index is 13.1. The molecule has 0 aliphatic heterocycles. The number of carboxylic acid groups (broad SMARTS) is 1. The van der Waals surface area contributed by atoms with Crippen molar-refractivity contribution in [2.24, 2.45) is 17.2 Å². The van der Waals surface area contributed by atoms with Gasteiger partial charge in [0.25, 0.3) is 0 Å². The molecule has 194 valence electrons. The van der Waals surface area contributed by atoms with Gasteiger partial charge in [0.2, 0.25) is 23.6 Å². The van der Waals surface area contributed by atoms with Crippen molar-refractivity contribution in [1.82, 2.24) is 16.0 Å². The molecule has 1 aromatic rings. The van der Waals surface area contributed by atoms with Crippen LogP contribution in [-0.4, -0.2) is 77.1 Å². The predicted molar refractivity (Wildman–Crippen MR) is 125 cm³/mol. The second-order valence-corrected chi connectivity index (χ2v) is 7.96. The van der Waals surface area contributed by atoms with Crippen molar-refractivity contribution >= 4 is 29.6 Å². The molecule has 0 aliphatic rings. The van der Waals surface area contributed by atoms with Crippen LogP contribution in [0.3, 0.4) is 0 Å². The largest absolute Gasteiger partial charge is 0.480 e. The predicted octanol–water partition coefficient (Wildman–Crippen LogP) is -2.91. The number of rotatable bonds is 16. The first-order valence-corrected chi connectivity index (χ1v) is 11.1. The Morgan fingerprint density at radius 3 is 1.97 bits per heavy atom. The summed E-state index contributed by atoms with van der Waals surface area (Å²) >= 11 is 0. The number of carbonyl (C=O) groups excluding carboxylic acids is 4. The van der Waals surface area contributed by atoms with Gasteiger partial charge >= 0.3 is 5.97 Å². The molecule has 0 saturated heterocycles. The highest BCUT2D eigenvalue weighted by Crippen LogP contribution is 2.07. The number of amides is 4. The number of carbonyl (C=O) groups is 5. The van der Waals surface area contributed by atoms with Gasteiger partial charge in [-0.2, -0.15) is 0 Å². The Hall–Kier alpha value is -3.55. The smallest absolute Gasteiger partial charge is 0.328 e. The van der Waals surface area contributed by atoms with E-state index >= 15 is 0 Å². The number of hydrogen-bond donors (Lipinski definition) is 8. The highest BCUT2D eigenvalue weighted by Gasteiger charge is 2.30. The van der Waals surface area contributed by atoms with Crippen LogP contribution in [0.15, 0.2) is 30.3 Å². The fourth-order valence-corrected chi connectivity index (χ4v) is 3.14. The molecular formula is C22H34N6O7. The molecule has 0 heterocycles. The third kappa shape index (κ3) is 10.9. The van der Waals surface area contributed by atoms with Crippen LogP contribution in [0.25, 0.3) is 0 Å². The Balaban J connectivity index is 3.07. The van der Waals surface area contributed by atoms with Crippen LogP contribution in [0.4, 0.5) is 0 Å². The standard InChI is InChI=1S/C22H34N6O7/c23-9-5-4-8-15(20(32)28-17(12-29)22(34)35)26-21(33)16(10-13-6-2-1-3-7-13)27-19(31)14(24)11-18(25)30/h1-3,6-7,14-17,29H,4-5,8-12,23-24H2,(H2,25,30)(H,26,33)(H,27,31)(H,28,32)(H,34,35). The minimum Gasteiger partial charge on any atom is -0.480 e. The zero-order chi connectivity index (χ0) is 26.4. The van der Waals surface area contributed by atoms with E-state index in [1.165, 1.54) is 0 Å². The van der Waals surface area contributed by atoms with Crippen LogP contribution < -0.4 is 33.2 Å². The van der Waals surface area contributed by atoms with Gasteiger partial charge in [-0.25, -0.2) is 4.79 Å². The summed E-state index contributed by atoms with van der Waals surface area (Å²) in [5, 5.41) is 25.5. The Morgan fingerprint density at radius 2 is 1.43 bits per heavy atom. The topological polar surface area (TPSA) is 240 Å². The van der Waals surface area contributed by atoms with E-state index in [2.05, 4.69) is 16.0 Å². The Morgan fingerprint density at radius 1 is 0.857 bits per heavy atom. The number of benzene rings is 1. The monoisotopic (exact) mass is 494 g/mol. The van der Waals surface area contributed by atoms with Crippen molar-refractivity contribution in [3.8, 4) is 0 Å². The van der Waals surface area contributed by atoms with Crippen molar-refractivity contribution in [2.75, 3.05) is 13.2 Å². The van der Waals surface area contributed by atoms with Gasteiger partial charge in [0.15, 0.2) is 0 Å². The van der Waals surface area contributed by atoms with Gasteiger partial charge in [0, 0.05) is 6.42 Å². The van der Waals surface area contributed by atoms with Gasteiger partial charge in [-0.3, -0.25) is 19.2 Å². The van der Waals surface area contributed by atoms with E-state index in [1.807, 2.05) is 0 Å². The Bertz CT molecular complexity index is 867. The highest BCUT2D eigenvalue weighted by atomic mass is 16.4. The van der Waals surface area contributed by atoms with Gasteiger partial charge in [-0.1, -0.05) is 30.3 Å². The van der Waals surface area contributed by atoms with E-state index in [1.54, 1.807) is 30.3 Å². The van der Waals surface area contributed by atoms with Crippen molar-refractivity contribution in [2.45, 2.75) is 56.3 Å². The van der Waals surface area contributed by atoms with Crippen molar-refractivity contribution in [1.29, 1.82) is 0 Å². The molecule has 1 rings (SSSR count). The summed E-state index contributed by atoms with van der Waals surface area (Å²) in [5.74, 6) is -4.55. The SMILES string of the molecule is NCCCCC(NC(=O)C(Cc1ccccc1)NC(=O)C(N)CC(N)=O)C(=O)NC(CO)C(=O)O. The Labute approximate surface area is 202 Å². The summed E-state index contributed by atoms with van der Waals surface area (Å²) in [6.07, 6.45) is 0.763. The first kappa shape index (κ1) is 29.5. The number of unbranched alkanes of at least 4 members (excludes halogenated alkanes) is 1. The molecule has 1 aromatic carbocycles. The first-order chi connectivity index (χ1) is 16.6.